The SMILES string of the molecule is CC1(C)CN(NC(=O)NNC(c2ccccc2)(c2ccccc2)c2ccccc2)CC(C)(C)N1. The zero-order valence-corrected chi connectivity index (χ0v) is 20.4. The van der Waals surface area contributed by atoms with Gasteiger partial charge in [-0.2, -0.15) is 0 Å². The van der Waals surface area contributed by atoms with Crippen molar-refractivity contribution in [3.8, 4) is 0 Å². The van der Waals surface area contributed by atoms with Gasteiger partial charge in [-0.3, -0.25) is 10.9 Å². The van der Waals surface area contributed by atoms with Gasteiger partial charge in [0.1, 0.15) is 5.54 Å². The molecule has 3 aromatic carbocycles. The van der Waals surface area contributed by atoms with Crippen LogP contribution < -0.4 is 21.6 Å². The molecule has 4 N–H and O–H groups in total. The van der Waals surface area contributed by atoms with Crippen LogP contribution in [-0.2, 0) is 5.54 Å². The van der Waals surface area contributed by atoms with Crippen LogP contribution in [0.2, 0.25) is 0 Å². The normalized spacial score (nSPS) is 17.6. The van der Waals surface area contributed by atoms with Gasteiger partial charge in [-0.1, -0.05) is 91.0 Å². The van der Waals surface area contributed by atoms with E-state index >= 15 is 0 Å². The average molecular weight is 458 g/mol. The molecule has 0 spiro atoms. The van der Waals surface area contributed by atoms with E-state index in [0.29, 0.717) is 13.1 Å². The van der Waals surface area contributed by atoms with E-state index in [9.17, 15) is 4.79 Å². The Balaban J connectivity index is 1.64. The first kappa shape index (κ1) is 24.0. The molecule has 1 saturated heterocycles. The van der Waals surface area contributed by atoms with Gasteiger partial charge in [-0.15, -0.1) is 0 Å². The first-order valence-electron chi connectivity index (χ1n) is 11.7. The Kier molecular flexibility index (Phi) is 6.75. The quantitative estimate of drug-likeness (QED) is 0.331. The third-order valence-corrected chi connectivity index (χ3v) is 6.09. The number of rotatable bonds is 6. The Morgan fingerprint density at radius 2 is 1.12 bits per heavy atom. The maximum absolute atomic E-state index is 13.1. The lowest BCUT2D eigenvalue weighted by Crippen LogP contribution is -2.70. The molecule has 0 saturated carbocycles. The maximum atomic E-state index is 13.1. The molecule has 3 aromatic rings. The van der Waals surface area contributed by atoms with Crippen LogP contribution in [0.5, 0.6) is 0 Å². The van der Waals surface area contributed by atoms with E-state index in [1.54, 1.807) is 0 Å². The maximum Gasteiger partial charge on any atom is 0.343 e. The van der Waals surface area contributed by atoms with Gasteiger partial charge >= 0.3 is 6.03 Å². The van der Waals surface area contributed by atoms with Crippen LogP contribution in [0.25, 0.3) is 0 Å². The molecule has 1 heterocycles. The van der Waals surface area contributed by atoms with Crippen molar-refractivity contribution in [2.75, 3.05) is 13.1 Å². The van der Waals surface area contributed by atoms with E-state index in [2.05, 4.69) is 85.7 Å². The minimum absolute atomic E-state index is 0.121. The van der Waals surface area contributed by atoms with Gasteiger partial charge in [0.2, 0.25) is 0 Å². The van der Waals surface area contributed by atoms with Crippen molar-refractivity contribution in [2.24, 2.45) is 0 Å². The first-order valence-corrected chi connectivity index (χ1v) is 11.7. The van der Waals surface area contributed by atoms with Gasteiger partial charge in [0.15, 0.2) is 0 Å². The van der Waals surface area contributed by atoms with Crippen molar-refractivity contribution in [3.63, 3.8) is 0 Å². The zero-order chi connectivity index (χ0) is 24.2. The van der Waals surface area contributed by atoms with Gasteiger partial charge < -0.3 is 5.32 Å². The van der Waals surface area contributed by atoms with Gasteiger partial charge in [0.25, 0.3) is 0 Å². The molecule has 2 amide bonds. The first-order chi connectivity index (χ1) is 16.2. The Morgan fingerprint density at radius 3 is 1.50 bits per heavy atom. The third-order valence-electron chi connectivity index (χ3n) is 6.09. The van der Waals surface area contributed by atoms with Crippen molar-refractivity contribution in [1.82, 2.24) is 26.6 Å². The number of nitrogens with one attached hydrogen (secondary N) is 4. The van der Waals surface area contributed by atoms with Crippen molar-refractivity contribution < 1.29 is 4.79 Å². The molecule has 0 aromatic heterocycles. The van der Waals surface area contributed by atoms with Crippen molar-refractivity contribution in [2.45, 2.75) is 44.3 Å². The van der Waals surface area contributed by atoms with Gasteiger partial charge in [0, 0.05) is 24.2 Å². The predicted octanol–water partition coefficient (Wildman–Crippen LogP) is 4.16. The lowest BCUT2D eigenvalue weighted by molar-refractivity contribution is 0.0487. The molecule has 4 rings (SSSR count). The fraction of sp³-hybridized carbons (Fsp3) is 0.321. The number of hydrogen-bond donors (Lipinski definition) is 4. The second-order valence-corrected chi connectivity index (χ2v) is 10.3. The molecule has 0 bridgehead atoms. The summed E-state index contributed by atoms with van der Waals surface area (Å²) in [5, 5.41) is 5.60. The fourth-order valence-corrected chi connectivity index (χ4v) is 5.19. The number of carbonyl (C=O) groups excluding carboxylic acids is 1. The number of benzene rings is 3. The number of amides is 2. The molecule has 1 fully saturated rings. The highest BCUT2D eigenvalue weighted by molar-refractivity contribution is 5.73. The molecule has 6 heteroatoms. The molecule has 1 aliphatic rings. The number of hydrogen-bond acceptors (Lipinski definition) is 4. The minimum atomic E-state index is -0.775. The highest BCUT2D eigenvalue weighted by Crippen LogP contribution is 2.36. The molecule has 0 radical (unpaired) electrons. The second-order valence-electron chi connectivity index (χ2n) is 10.3. The minimum Gasteiger partial charge on any atom is -0.304 e. The average Bonchev–Trinajstić information content (AvgIpc) is 2.79. The number of carbonyl (C=O) groups is 1. The van der Waals surface area contributed by atoms with Gasteiger partial charge in [-0.25, -0.2) is 15.2 Å². The topological polar surface area (TPSA) is 68.4 Å². The summed E-state index contributed by atoms with van der Waals surface area (Å²) in [6.45, 7) is 9.97. The second kappa shape index (κ2) is 9.58. The summed E-state index contributed by atoms with van der Waals surface area (Å²) in [7, 11) is 0. The number of piperazine rings is 1. The Labute approximate surface area is 202 Å². The smallest absolute Gasteiger partial charge is 0.304 e. The molecule has 0 aliphatic carbocycles. The zero-order valence-electron chi connectivity index (χ0n) is 20.4. The molecular weight excluding hydrogens is 422 g/mol. The van der Waals surface area contributed by atoms with Crippen LogP contribution in [0.4, 0.5) is 4.79 Å². The Morgan fingerprint density at radius 1 is 0.735 bits per heavy atom. The van der Waals surface area contributed by atoms with Crippen molar-refractivity contribution in [3.05, 3.63) is 108 Å². The predicted molar refractivity (Wildman–Crippen MR) is 137 cm³/mol. The monoisotopic (exact) mass is 457 g/mol. The van der Waals surface area contributed by atoms with Crippen LogP contribution in [0.1, 0.15) is 44.4 Å². The molecule has 0 atom stereocenters. The summed E-state index contributed by atoms with van der Waals surface area (Å²) in [5.74, 6) is 0. The lowest BCUT2D eigenvalue weighted by Gasteiger charge is -2.48. The molecule has 6 nitrogen and oxygen atoms in total. The molecule has 34 heavy (non-hydrogen) atoms. The number of hydrazine groups is 2. The summed E-state index contributed by atoms with van der Waals surface area (Å²) in [6.07, 6.45) is 0. The van der Waals surface area contributed by atoms with E-state index < -0.39 is 5.54 Å². The molecule has 178 valence electrons. The summed E-state index contributed by atoms with van der Waals surface area (Å²) in [6, 6.07) is 30.3. The van der Waals surface area contributed by atoms with E-state index in [0.717, 1.165) is 16.7 Å². The fourth-order valence-electron chi connectivity index (χ4n) is 5.19. The van der Waals surface area contributed by atoms with Crippen molar-refractivity contribution >= 4 is 6.03 Å². The summed E-state index contributed by atoms with van der Waals surface area (Å²) < 4.78 is 0. The van der Waals surface area contributed by atoms with Crippen LogP contribution in [0.15, 0.2) is 91.0 Å². The standard InChI is InChI=1S/C28H35N5O/c1-26(2)20-33(21-27(3,4)31-26)30-25(34)29-32-28(22-14-8-5-9-15-22,23-16-10-6-11-17-23)24-18-12-7-13-19-24/h5-19,31-32H,20-21H2,1-4H3,(H2,29,30,34). The van der Waals surface area contributed by atoms with E-state index in [-0.39, 0.29) is 17.1 Å². The highest BCUT2D eigenvalue weighted by Gasteiger charge is 2.39. The molecular formula is C28H35N5O. The Bertz CT molecular complexity index is 971. The van der Waals surface area contributed by atoms with Crippen LogP contribution in [0, 0.1) is 0 Å². The molecule has 0 unspecified atom stereocenters. The van der Waals surface area contributed by atoms with E-state index in [1.807, 2.05) is 59.6 Å². The Hall–Kier alpha value is -3.19. The van der Waals surface area contributed by atoms with E-state index in [1.165, 1.54) is 0 Å². The van der Waals surface area contributed by atoms with Crippen LogP contribution >= 0.6 is 0 Å². The van der Waals surface area contributed by atoms with Crippen molar-refractivity contribution in [1.29, 1.82) is 0 Å². The lowest BCUT2D eigenvalue weighted by atomic mass is 9.77. The molecule has 1 aliphatic heterocycles. The highest BCUT2D eigenvalue weighted by atomic mass is 16.2. The third kappa shape index (κ3) is 5.30. The van der Waals surface area contributed by atoms with Crippen LogP contribution in [-0.4, -0.2) is 35.2 Å². The summed E-state index contributed by atoms with van der Waals surface area (Å²) in [4.78, 5) is 13.1. The summed E-state index contributed by atoms with van der Waals surface area (Å²) >= 11 is 0. The number of urea groups is 1. The van der Waals surface area contributed by atoms with Gasteiger partial charge in [0.05, 0.1) is 0 Å². The van der Waals surface area contributed by atoms with E-state index in [4.69, 9.17) is 0 Å². The summed E-state index contributed by atoms with van der Waals surface area (Å²) in [5.41, 5.74) is 11.5. The largest absolute Gasteiger partial charge is 0.343 e. The van der Waals surface area contributed by atoms with Crippen LogP contribution in [0.3, 0.4) is 0 Å². The number of nitrogens with zero attached hydrogens (tertiary/aromatic N) is 1. The van der Waals surface area contributed by atoms with Gasteiger partial charge in [-0.05, 0) is 44.4 Å².